The molecule has 1 rings (SSSR count). The summed E-state index contributed by atoms with van der Waals surface area (Å²) in [6, 6.07) is 5.66. The van der Waals surface area contributed by atoms with Crippen LogP contribution in [0.2, 0.25) is 0 Å². The zero-order valence-corrected chi connectivity index (χ0v) is 13.7. The van der Waals surface area contributed by atoms with E-state index in [-0.39, 0.29) is 11.3 Å². The average Bonchev–Trinajstić information content (AvgIpc) is 2.43. The van der Waals surface area contributed by atoms with E-state index in [0.717, 1.165) is 11.1 Å². The van der Waals surface area contributed by atoms with E-state index in [4.69, 9.17) is 5.73 Å². The predicted molar refractivity (Wildman–Crippen MR) is 88.1 cm³/mol. The van der Waals surface area contributed by atoms with Crippen molar-refractivity contribution in [3.05, 3.63) is 34.9 Å². The second kappa shape index (κ2) is 7.28. The number of rotatable bonds is 4. The van der Waals surface area contributed by atoms with E-state index in [0.29, 0.717) is 24.6 Å². The van der Waals surface area contributed by atoms with E-state index in [2.05, 4.69) is 44.9 Å². The first-order valence-electron chi connectivity index (χ1n) is 7.35. The Morgan fingerprint density at radius 3 is 2.62 bits per heavy atom. The van der Waals surface area contributed by atoms with Crippen molar-refractivity contribution in [3.8, 4) is 11.8 Å². The summed E-state index contributed by atoms with van der Waals surface area (Å²) in [5, 5.41) is 3.03. The lowest BCUT2D eigenvalue weighted by Gasteiger charge is -2.29. The van der Waals surface area contributed by atoms with Gasteiger partial charge < -0.3 is 11.1 Å². The molecular weight excluding hydrogens is 260 g/mol. The van der Waals surface area contributed by atoms with Gasteiger partial charge in [0.15, 0.2) is 0 Å². The lowest BCUT2D eigenvalue weighted by molar-refractivity contribution is 0.0924. The Hall–Kier alpha value is -1.79. The van der Waals surface area contributed by atoms with Gasteiger partial charge in [-0.25, -0.2) is 0 Å². The van der Waals surface area contributed by atoms with Gasteiger partial charge in [-0.3, -0.25) is 4.79 Å². The summed E-state index contributed by atoms with van der Waals surface area (Å²) in [7, 11) is 0. The first-order chi connectivity index (χ1) is 9.77. The van der Waals surface area contributed by atoms with Gasteiger partial charge >= 0.3 is 0 Å². The van der Waals surface area contributed by atoms with Crippen molar-refractivity contribution in [2.24, 2.45) is 17.1 Å². The summed E-state index contributed by atoms with van der Waals surface area (Å²) < 4.78 is 0. The third-order valence-electron chi connectivity index (χ3n) is 4.08. The zero-order chi connectivity index (χ0) is 16.0. The molecule has 0 atom stereocenters. The standard InChI is InChI=1S/C18H26N2O/c1-13(2)18(4,5)12-20-17(21)16-11-15(7-6-10-19)9-8-14(16)3/h8-9,11,13H,10,12,19H2,1-5H3,(H,20,21). The van der Waals surface area contributed by atoms with E-state index in [9.17, 15) is 4.79 Å². The van der Waals surface area contributed by atoms with Crippen molar-refractivity contribution in [1.29, 1.82) is 0 Å². The molecule has 0 aliphatic heterocycles. The third-order valence-corrected chi connectivity index (χ3v) is 4.08. The van der Waals surface area contributed by atoms with E-state index < -0.39 is 0 Å². The van der Waals surface area contributed by atoms with Gasteiger partial charge in [0, 0.05) is 17.7 Å². The number of carbonyl (C=O) groups excluding carboxylic acids is 1. The Morgan fingerprint density at radius 1 is 1.38 bits per heavy atom. The topological polar surface area (TPSA) is 55.1 Å². The minimum Gasteiger partial charge on any atom is -0.351 e. The highest BCUT2D eigenvalue weighted by molar-refractivity contribution is 5.96. The quantitative estimate of drug-likeness (QED) is 0.836. The number of amides is 1. The fourth-order valence-electron chi connectivity index (χ4n) is 1.70. The molecule has 0 aromatic heterocycles. The lowest BCUT2D eigenvalue weighted by Crippen LogP contribution is -2.37. The normalized spacial score (nSPS) is 11.0. The van der Waals surface area contributed by atoms with Gasteiger partial charge in [0.2, 0.25) is 0 Å². The molecule has 0 aliphatic rings. The van der Waals surface area contributed by atoms with Crippen LogP contribution in [0, 0.1) is 30.1 Å². The molecule has 1 amide bonds. The minimum atomic E-state index is -0.0439. The van der Waals surface area contributed by atoms with Gasteiger partial charge in [-0.15, -0.1) is 0 Å². The number of hydrogen-bond acceptors (Lipinski definition) is 2. The number of nitrogens with one attached hydrogen (secondary N) is 1. The number of nitrogens with two attached hydrogens (primary N) is 1. The summed E-state index contributed by atoms with van der Waals surface area (Å²) in [4.78, 5) is 12.4. The third kappa shape index (κ3) is 4.91. The summed E-state index contributed by atoms with van der Waals surface area (Å²) in [5.74, 6) is 6.23. The van der Waals surface area contributed by atoms with Crippen molar-refractivity contribution < 1.29 is 4.79 Å². The Kier molecular flexibility index (Phi) is 5.99. The van der Waals surface area contributed by atoms with Crippen LogP contribution in [0.5, 0.6) is 0 Å². The van der Waals surface area contributed by atoms with Gasteiger partial charge in [-0.05, 0) is 36.0 Å². The molecule has 0 spiro atoms. The molecule has 0 heterocycles. The molecule has 0 saturated heterocycles. The van der Waals surface area contributed by atoms with Crippen LogP contribution in [0.15, 0.2) is 18.2 Å². The molecule has 3 N–H and O–H groups in total. The molecule has 0 saturated carbocycles. The maximum Gasteiger partial charge on any atom is 0.251 e. The smallest absolute Gasteiger partial charge is 0.251 e. The molecule has 114 valence electrons. The summed E-state index contributed by atoms with van der Waals surface area (Å²) in [6.45, 7) is 11.6. The second-order valence-electron chi connectivity index (χ2n) is 6.36. The molecule has 3 nitrogen and oxygen atoms in total. The molecule has 1 aromatic rings. The molecule has 0 aliphatic carbocycles. The Labute approximate surface area is 128 Å². The summed E-state index contributed by atoms with van der Waals surface area (Å²) in [5.41, 5.74) is 7.89. The maximum absolute atomic E-state index is 12.4. The van der Waals surface area contributed by atoms with E-state index in [1.807, 2.05) is 25.1 Å². The van der Waals surface area contributed by atoms with Gasteiger partial charge in [0.05, 0.1) is 6.54 Å². The number of benzene rings is 1. The Balaban J connectivity index is 2.87. The first kappa shape index (κ1) is 17.3. The van der Waals surface area contributed by atoms with Crippen LogP contribution < -0.4 is 11.1 Å². The summed E-state index contributed by atoms with van der Waals surface area (Å²) >= 11 is 0. The maximum atomic E-state index is 12.4. The van der Waals surface area contributed by atoms with Crippen LogP contribution in [-0.2, 0) is 0 Å². The van der Waals surface area contributed by atoms with Crippen molar-refractivity contribution >= 4 is 5.91 Å². The van der Waals surface area contributed by atoms with Gasteiger partial charge in [-0.2, -0.15) is 0 Å². The Morgan fingerprint density at radius 2 is 2.05 bits per heavy atom. The number of carbonyl (C=O) groups is 1. The van der Waals surface area contributed by atoms with Crippen LogP contribution in [0.4, 0.5) is 0 Å². The average molecular weight is 286 g/mol. The number of aryl methyl sites for hydroxylation is 1. The second-order valence-corrected chi connectivity index (χ2v) is 6.36. The zero-order valence-electron chi connectivity index (χ0n) is 13.7. The highest BCUT2D eigenvalue weighted by Gasteiger charge is 2.23. The SMILES string of the molecule is Cc1ccc(C#CCN)cc1C(=O)NCC(C)(C)C(C)C. The monoisotopic (exact) mass is 286 g/mol. The van der Waals surface area contributed by atoms with Gasteiger partial charge in [0.1, 0.15) is 0 Å². The van der Waals surface area contributed by atoms with Crippen LogP contribution >= 0.6 is 0 Å². The van der Waals surface area contributed by atoms with Crippen molar-refractivity contribution in [3.63, 3.8) is 0 Å². The molecule has 3 heteroatoms. The fraction of sp³-hybridized carbons (Fsp3) is 0.500. The summed E-state index contributed by atoms with van der Waals surface area (Å²) in [6.07, 6.45) is 0. The van der Waals surface area contributed by atoms with Crippen molar-refractivity contribution in [2.45, 2.75) is 34.6 Å². The van der Waals surface area contributed by atoms with Crippen LogP contribution in [0.3, 0.4) is 0 Å². The van der Waals surface area contributed by atoms with E-state index in [1.54, 1.807) is 0 Å². The van der Waals surface area contributed by atoms with Crippen molar-refractivity contribution in [1.82, 2.24) is 5.32 Å². The molecule has 0 fully saturated rings. The van der Waals surface area contributed by atoms with E-state index >= 15 is 0 Å². The molecule has 1 aromatic carbocycles. The molecular formula is C18H26N2O. The van der Waals surface area contributed by atoms with Crippen LogP contribution in [0.25, 0.3) is 0 Å². The van der Waals surface area contributed by atoms with Gasteiger partial charge in [0.25, 0.3) is 5.91 Å². The minimum absolute atomic E-state index is 0.0439. The predicted octanol–water partition coefficient (Wildman–Crippen LogP) is 2.72. The van der Waals surface area contributed by atoms with Crippen LogP contribution in [-0.4, -0.2) is 19.0 Å². The lowest BCUT2D eigenvalue weighted by atomic mass is 9.81. The van der Waals surface area contributed by atoms with Gasteiger partial charge in [-0.1, -0.05) is 45.6 Å². The highest BCUT2D eigenvalue weighted by atomic mass is 16.1. The molecule has 21 heavy (non-hydrogen) atoms. The Bertz CT molecular complexity index is 562. The van der Waals surface area contributed by atoms with E-state index in [1.165, 1.54) is 0 Å². The first-order valence-corrected chi connectivity index (χ1v) is 7.35. The fourth-order valence-corrected chi connectivity index (χ4v) is 1.70. The molecule has 0 unspecified atom stereocenters. The van der Waals surface area contributed by atoms with Crippen molar-refractivity contribution in [2.75, 3.05) is 13.1 Å². The highest BCUT2D eigenvalue weighted by Crippen LogP contribution is 2.24. The molecule has 0 bridgehead atoms. The van der Waals surface area contributed by atoms with Crippen LogP contribution in [0.1, 0.15) is 49.2 Å². The largest absolute Gasteiger partial charge is 0.351 e. The molecule has 0 radical (unpaired) electrons. The number of hydrogen-bond donors (Lipinski definition) is 2.